The van der Waals surface area contributed by atoms with Crippen molar-refractivity contribution in [2.45, 2.75) is 329 Å². The number of hydrogen-bond donors (Lipinski definition) is 2. The minimum Gasteiger partial charge on any atom is -0.493 e. The van der Waals surface area contributed by atoms with E-state index in [1.807, 2.05) is 39.0 Å². The Morgan fingerprint density at radius 3 is 1.21 bits per heavy atom. The van der Waals surface area contributed by atoms with Crippen molar-refractivity contribution < 1.29 is 28.5 Å². The summed E-state index contributed by atoms with van der Waals surface area (Å²) < 4.78 is 23.6. The highest BCUT2D eigenvalue weighted by Gasteiger charge is 2.18. The van der Waals surface area contributed by atoms with Crippen LogP contribution in [0.5, 0.6) is 11.5 Å². The van der Waals surface area contributed by atoms with Crippen LogP contribution in [0.4, 0.5) is 4.79 Å². The van der Waals surface area contributed by atoms with Crippen LogP contribution in [0.25, 0.3) is 0 Å². The zero-order chi connectivity index (χ0) is 50.9. The van der Waals surface area contributed by atoms with E-state index in [1.54, 1.807) is 0 Å². The van der Waals surface area contributed by atoms with E-state index in [2.05, 4.69) is 19.2 Å². The second-order valence-electron chi connectivity index (χ2n) is 22.0. The summed E-state index contributed by atoms with van der Waals surface area (Å²) in [5.41, 5.74) is 6.50. The summed E-state index contributed by atoms with van der Waals surface area (Å²) in [4.78, 5) is 24.8. The van der Waals surface area contributed by atoms with Gasteiger partial charge in [-0.15, -0.1) is 0 Å². The van der Waals surface area contributed by atoms with Crippen molar-refractivity contribution in [3.8, 4) is 11.5 Å². The average Bonchev–Trinajstić information content (AvgIpc) is 3.33. The fraction of sp³-hybridized carbons (Fsp3) is 0.871. The van der Waals surface area contributed by atoms with Gasteiger partial charge in [0.05, 0.1) is 13.2 Å². The maximum Gasteiger partial charge on any atom is 0.407 e. The number of carbonyl (C=O) groups is 2. The summed E-state index contributed by atoms with van der Waals surface area (Å²) >= 11 is 0. The second kappa shape index (κ2) is 48.8. The van der Waals surface area contributed by atoms with Gasteiger partial charge in [0.25, 0.3) is 0 Å². The number of rotatable bonds is 52. The van der Waals surface area contributed by atoms with Crippen LogP contribution in [0.3, 0.4) is 0 Å². The Labute approximate surface area is 434 Å². The first-order valence-electron chi connectivity index (χ1n) is 30.4. The Morgan fingerprint density at radius 2 is 0.843 bits per heavy atom. The minimum absolute atomic E-state index is 0.0982. The SMILES string of the molecule is CCCCCCCCCCCCCCCCCCCCCCOc1ccc(COC(=O)[C@@H](N)CCCCNC(=O)OC(C)(C)C)c(OCCCCCCCCCCCCCCCCCCCCCC)c1. The van der Waals surface area contributed by atoms with Crippen LogP contribution in [0, 0.1) is 0 Å². The molecule has 1 atom stereocenters. The second-order valence-corrected chi connectivity index (χ2v) is 22.0. The molecule has 1 aromatic rings. The van der Waals surface area contributed by atoms with Crippen molar-refractivity contribution in [1.82, 2.24) is 5.32 Å². The third-order valence-corrected chi connectivity index (χ3v) is 13.8. The van der Waals surface area contributed by atoms with E-state index >= 15 is 0 Å². The summed E-state index contributed by atoms with van der Waals surface area (Å²) in [5.74, 6) is 1.08. The van der Waals surface area contributed by atoms with E-state index in [0.29, 0.717) is 44.8 Å². The van der Waals surface area contributed by atoms with Gasteiger partial charge in [0.2, 0.25) is 0 Å². The van der Waals surface area contributed by atoms with E-state index in [-0.39, 0.29) is 6.61 Å². The van der Waals surface area contributed by atoms with Crippen LogP contribution in [-0.4, -0.2) is 43.5 Å². The van der Waals surface area contributed by atoms with E-state index in [1.165, 1.54) is 238 Å². The minimum atomic E-state index is -0.730. The highest BCUT2D eigenvalue weighted by atomic mass is 16.6. The zero-order valence-corrected chi connectivity index (χ0v) is 47.1. The lowest BCUT2D eigenvalue weighted by molar-refractivity contribution is -0.146. The number of unbranched alkanes of at least 4 members (excludes halogenated alkanes) is 39. The summed E-state index contributed by atoms with van der Waals surface area (Å²) in [6.07, 6.45) is 56.1. The van der Waals surface area contributed by atoms with Gasteiger partial charge in [0, 0.05) is 18.2 Å². The van der Waals surface area contributed by atoms with E-state index < -0.39 is 23.7 Å². The molecule has 410 valence electrons. The van der Waals surface area contributed by atoms with Crippen molar-refractivity contribution in [3.63, 3.8) is 0 Å². The van der Waals surface area contributed by atoms with Crippen LogP contribution >= 0.6 is 0 Å². The Kier molecular flexibility index (Phi) is 45.7. The number of benzene rings is 1. The number of esters is 1. The maximum atomic E-state index is 12.9. The number of ether oxygens (including phenoxy) is 4. The Bertz CT molecular complexity index is 1300. The molecule has 0 unspecified atom stereocenters. The predicted octanol–water partition coefficient (Wildman–Crippen LogP) is 19.2. The lowest BCUT2D eigenvalue weighted by Gasteiger charge is -2.19. The van der Waals surface area contributed by atoms with Gasteiger partial charge >= 0.3 is 12.1 Å². The number of amides is 1. The number of hydrogen-bond acceptors (Lipinski definition) is 7. The lowest BCUT2D eigenvalue weighted by Crippen LogP contribution is -2.34. The topological polar surface area (TPSA) is 109 Å². The van der Waals surface area contributed by atoms with Gasteiger partial charge in [0.15, 0.2) is 0 Å². The smallest absolute Gasteiger partial charge is 0.407 e. The van der Waals surface area contributed by atoms with E-state index in [9.17, 15) is 9.59 Å². The summed E-state index contributed by atoms with van der Waals surface area (Å²) in [6.45, 7) is 12.0. The van der Waals surface area contributed by atoms with Gasteiger partial charge in [-0.25, -0.2) is 4.79 Å². The molecule has 0 aliphatic rings. The molecule has 1 aromatic carbocycles. The first-order valence-corrected chi connectivity index (χ1v) is 30.4. The van der Waals surface area contributed by atoms with Crippen molar-refractivity contribution in [1.29, 1.82) is 0 Å². The third-order valence-electron chi connectivity index (χ3n) is 13.8. The Hall–Kier alpha value is -2.48. The maximum absolute atomic E-state index is 12.9. The quantitative estimate of drug-likeness (QED) is 0.0494. The Balaban J connectivity index is 2.33. The van der Waals surface area contributed by atoms with E-state index in [0.717, 1.165) is 30.6 Å². The van der Waals surface area contributed by atoms with Gasteiger partial charge in [-0.05, 0) is 65.0 Å². The molecule has 0 saturated carbocycles. The molecule has 0 aliphatic carbocycles. The van der Waals surface area contributed by atoms with Crippen molar-refractivity contribution >= 4 is 12.1 Å². The molecule has 70 heavy (non-hydrogen) atoms. The van der Waals surface area contributed by atoms with Crippen LogP contribution in [0.2, 0.25) is 0 Å². The highest BCUT2D eigenvalue weighted by molar-refractivity contribution is 5.75. The fourth-order valence-electron chi connectivity index (χ4n) is 9.33. The molecule has 0 aromatic heterocycles. The molecule has 0 spiro atoms. The first kappa shape index (κ1) is 65.5. The molecule has 0 radical (unpaired) electrons. The third kappa shape index (κ3) is 44.2. The van der Waals surface area contributed by atoms with Crippen LogP contribution in [0.1, 0.15) is 316 Å². The standard InChI is InChI=1S/C62H116N2O6/c1-6-8-10-12-14-16-18-20-22-24-26-28-30-32-34-36-38-40-42-46-52-67-57-50-49-56(55-69-60(65)58(63)48-44-45-51-64-61(66)70-62(3,4)5)59(54-57)68-53-47-43-41-39-37-35-33-31-29-27-25-23-21-19-17-15-13-11-9-7-2/h49-50,54,58H,6-48,51-53,55,63H2,1-5H3,(H,64,66)/t58-/m0/s1. The number of carbonyl (C=O) groups excluding carboxylic acids is 2. The Morgan fingerprint density at radius 1 is 0.486 bits per heavy atom. The fourth-order valence-corrected chi connectivity index (χ4v) is 9.33. The van der Waals surface area contributed by atoms with E-state index in [4.69, 9.17) is 24.7 Å². The molecule has 0 heterocycles. The molecule has 0 fully saturated rings. The normalized spacial score (nSPS) is 12.0. The predicted molar refractivity (Wildman–Crippen MR) is 299 cm³/mol. The zero-order valence-electron chi connectivity index (χ0n) is 47.1. The van der Waals surface area contributed by atoms with Crippen LogP contribution in [0.15, 0.2) is 18.2 Å². The molecule has 1 amide bonds. The van der Waals surface area contributed by atoms with Gasteiger partial charge in [-0.1, -0.05) is 258 Å². The number of alkyl carbamates (subject to hydrolysis) is 1. The summed E-state index contributed by atoms with van der Waals surface area (Å²) in [7, 11) is 0. The molecule has 3 N–H and O–H groups in total. The first-order chi connectivity index (χ1) is 34.2. The highest BCUT2D eigenvalue weighted by Crippen LogP contribution is 2.27. The molecule has 8 heteroatoms. The van der Waals surface area contributed by atoms with Crippen molar-refractivity contribution in [3.05, 3.63) is 23.8 Å². The molecule has 0 bridgehead atoms. The van der Waals surface area contributed by atoms with Crippen LogP contribution in [-0.2, 0) is 20.9 Å². The monoisotopic (exact) mass is 985 g/mol. The largest absolute Gasteiger partial charge is 0.493 e. The summed E-state index contributed by atoms with van der Waals surface area (Å²) in [6, 6.07) is 5.16. The average molecular weight is 986 g/mol. The lowest BCUT2D eigenvalue weighted by atomic mass is 10.0. The van der Waals surface area contributed by atoms with Crippen LogP contribution < -0.4 is 20.5 Å². The van der Waals surface area contributed by atoms with Gasteiger partial charge in [0.1, 0.15) is 29.7 Å². The molecule has 0 saturated heterocycles. The van der Waals surface area contributed by atoms with Gasteiger partial charge < -0.3 is 30.0 Å². The summed E-state index contributed by atoms with van der Waals surface area (Å²) in [5, 5.41) is 2.76. The number of nitrogens with two attached hydrogens (primary N) is 1. The van der Waals surface area contributed by atoms with Crippen molar-refractivity contribution in [2.75, 3.05) is 19.8 Å². The molecular weight excluding hydrogens is 869 g/mol. The molecule has 8 nitrogen and oxygen atoms in total. The van der Waals surface area contributed by atoms with Crippen molar-refractivity contribution in [2.24, 2.45) is 5.73 Å². The number of nitrogens with one attached hydrogen (secondary N) is 1. The molecule has 1 rings (SSSR count). The van der Waals surface area contributed by atoms with Gasteiger partial charge in [-0.2, -0.15) is 0 Å². The molecular formula is C62H116N2O6. The molecule has 0 aliphatic heterocycles. The van der Waals surface area contributed by atoms with Gasteiger partial charge in [-0.3, -0.25) is 4.79 Å².